The Morgan fingerprint density at radius 2 is 2.44 bits per heavy atom. The lowest BCUT2D eigenvalue weighted by Crippen LogP contribution is -2.28. The summed E-state index contributed by atoms with van der Waals surface area (Å²) >= 11 is 1.71. The quantitative estimate of drug-likeness (QED) is 0.847. The minimum absolute atomic E-state index is 0.0642. The summed E-state index contributed by atoms with van der Waals surface area (Å²) in [6.07, 6.45) is 4.32. The Bertz CT molecular complexity index is 327. The largest absolute Gasteiger partial charge is 0.393 e. The number of nitrogens with zero attached hydrogens (tertiary/aromatic N) is 1. The van der Waals surface area contributed by atoms with Crippen molar-refractivity contribution < 1.29 is 5.11 Å². The van der Waals surface area contributed by atoms with Gasteiger partial charge in [0, 0.05) is 11.4 Å². The van der Waals surface area contributed by atoms with Crippen LogP contribution in [0.1, 0.15) is 36.3 Å². The second kappa shape index (κ2) is 5.75. The second-order valence-electron chi connectivity index (χ2n) is 4.68. The van der Waals surface area contributed by atoms with Crippen molar-refractivity contribution in [2.75, 3.05) is 6.54 Å². The summed E-state index contributed by atoms with van der Waals surface area (Å²) in [4.78, 5) is 5.56. The van der Waals surface area contributed by atoms with Crippen LogP contribution in [0.2, 0.25) is 0 Å². The summed E-state index contributed by atoms with van der Waals surface area (Å²) in [6, 6.07) is 0. The maximum atomic E-state index is 9.57. The van der Waals surface area contributed by atoms with Crippen molar-refractivity contribution in [1.29, 1.82) is 0 Å². The van der Waals surface area contributed by atoms with E-state index in [4.69, 9.17) is 0 Å². The van der Waals surface area contributed by atoms with E-state index in [-0.39, 0.29) is 6.10 Å². The zero-order valence-corrected chi connectivity index (χ0v) is 10.6. The minimum Gasteiger partial charge on any atom is -0.393 e. The van der Waals surface area contributed by atoms with Gasteiger partial charge in [0.1, 0.15) is 0 Å². The Labute approximate surface area is 101 Å². The summed E-state index contributed by atoms with van der Waals surface area (Å²) in [5.74, 6) is 0.650. The van der Waals surface area contributed by atoms with Crippen molar-refractivity contribution >= 4 is 11.3 Å². The summed E-state index contributed by atoms with van der Waals surface area (Å²) in [6.45, 7) is 4.00. The molecule has 0 radical (unpaired) electrons. The molecule has 1 aromatic heterocycles. The lowest BCUT2D eigenvalue weighted by Gasteiger charge is -2.25. The Balaban J connectivity index is 1.70. The van der Waals surface area contributed by atoms with Crippen LogP contribution in [0.3, 0.4) is 0 Å². The van der Waals surface area contributed by atoms with Crippen molar-refractivity contribution in [3.05, 3.63) is 16.1 Å². The number of aromatic nitrogens is 1. The fraction of sp³-hybridized carbons (Fsp3) is 0.750. The molecule has 1 heterocycles. The van der Waals surface area contributed by atoms with Gasteiger partial charge in [0.15, 0.2) is 0 Å². The highest BCUT2D eigenvalue weighted by atomic mass is 32.1. The zero-order chi connectivity index (χ0) is 11.4. The molecule has 1 aliphatic carbocycles. The molecule has 2 atom stereocenters. The first-order chi connectivity index (χ1) is 7.75. The van der Waals surface area contributed by atoms with E-state index in [1.165, 1.54) is 17.7 Å². The summed E-state index contributed by atoms with van der Waals surface area (Å²) < 4.78 is 0. The summed E-state index contributed by atoms with van der Waals surface area (Å²) in [5, 5.41) is 13.0. The predicted octanol–water partition coefficient (Wildman–Crippen LogP) is 2.09. The molecular formula is C12H20N2OS. The molecule has 0 amide bonds. The van der Waals surface area contributed by atoms with E-state index < -0.39 is 0 Å². The lowest BCUT2D eigenvalue weighted by molar-refractivity contribution is 0.101. The van der Waals surface area contributed by atoms with Gasteiger partial charge < -0.3 is 10.4 Å². The Hall–Kier alpha value is -0.450. The van der Waals surface area contributed by atoms with Crippen LogP contribution in [-0.2, 0) is 6.54 Å². The number of thiazole rings is 1. The number of rotatable bonds is 4. The molecule has 1 fully saturated rings. The first-order valence-corrected chi connectivity index (χ1v) is 6.91. The van der Waals surface area contributed by atoms with E-state index in [2.05, 4.69) is 17.2 Å². The Kier molecular flexibility index (Phi) is 4.32. The van der Waals surface area contributed by atoms with Crippen molar-refractivity contribution in [2.24, 2.45) is 5.92 Å². The third-order valence-electron chi connectivity index (χ3n) is 3.32. The van der Waals surface area contributed by atoms with E-state index in [1.807, 2.05) is 5.51 Å². The first-order valence-electron chi connectivity index (χ1n) is 6.03. The standard InChI is InChI=1S/C12H20N2OS/c1-9-12(16-8-14-9)7-13-6-10-3-2-4-11(15)5-10/h8,10-11,13,15H,2-7H2,1H3. The number of aliphatic hydroxyl groups is 1. The molecule has 1 aliphatic rings. The van der Waals surface area contributed by atoms with Crippen LogP contribution < -0.4 is 5.32 Å². The van der Waals surface area contributed by atoms with Crippen LogP contribution in [0.25, 0.3) is 0 Å². The third kappa shape index (κ3) is 3.27. The van der Waals surface area contributed by atoms with E-state index in [0.717, 1.165) is 31.6 Å². The highest BCUT2D eigenvalue weighted by Crippen LogP contribution is 2.23. The molecule has 1 aromatic rings. The molecule has 2 N–H and O–H groups in total. The lowest BCUT2D eigenvalue weighted by atomic mass is 9.87. The van der Waals surface area contributed by atoms with Gasteiger partial charge in [-0.1, -0.05) is 6.42 Å². The smallest absolute Gasteiger partial charge is 0.0798 e. The number of nitrogens with one attached hydrogen (secondary N) is 1. The molecule has 1 saturated carbocycles. The molecule has 4 heteroatoms. The highest BCUT2D eigenvalue weighted by molar-refractivity contribution is 7.09. The van der Waals surface area contributed by atoms with Gasteiger partial charge in [-0.15, -0.1) is 11.3 Å². The van der Waals surface area contributed by atoms with Gasteiger partial charge in [0.25, 0.3) is 0 Å². The predicted molar refractivity (Wildman–Crippen MR) is 66.5 cm³/mol. The molecule has 16 heavy (non-hydrogen) atoms. The van der Waals surface area contributed by atoms with Crippen LogP contribution in [0.5, 0.6) is 0 Å². The van der Waals surface area contributed by atoms with Crippen LogP contribution in [0, 0.1) is 12.8 Å². The molecule has 2 rings (SSSR count). The van der Waals surface area contributed by atoms with Crippen LogP contribution in [-0.4, -0.2) is 22.7 Å². The number of aliphatic hydroxyl groups excluding tert-OH is 1. The van der Waals surface area contributed by atoms with Gasteiger partial charge in [0.05, 0.1) is 17.3 Å². The van der Waals surface area contributed by atoms with Gasteiger partial charge in [-0.3, -0.25) is 0 Å². The number of aryl methyl sites for hydroxylation is 1. The fourth-order valence-corrected chi connectivity index (χ4v) is 3.08. The second-order valence-corrected chi connectivity index (χ2v) is 5.62. The van der Waals surface area contributed by atoms with Crippen LogP contribution in [0.4, 0.5) is 0 Å². The Morgan fingerprint density at radius 3 is 3.12 bits per heavy atom. The molecule has 0 saturated heterocycles. The van der Waals surface area contributed by atoms with Gasteiger partial charge in [-0.2, -0.15) is 0 Å². The molecule has 3 nitrogen and oxygen atoms in total. The van der Waals surface area contributed by atoms with Crippen molar-refractivity contribution in [3.8, 4) is 0 Å². The van der Waals surface area contributed by atoms with E-state index in [1.54, 1.807) is 11.3 Å². The van der Waals surface area contributed by atoms with E-state index >= 15 is 0 Å². The molecule has 0 aromatic carbocycles. The fourth-order valence-electron chi connectivity index (χ4n) is 2.33. The van der Waals surface area contributed by atoms with Crippen molar-refractivity contribution in [3.63, 3.8) is 0 Å². The first kappa shape index (κ1) is 12.0. The maximum absolute atomic E-state index is 9.57. The summed E-state index contributed by atoms with van der Waals surface area (Å²) in [7, 11) is 0. The highest BCUT2D eigenvalue weighted by Gasteiger charge is 2.19. The maximum Gasteiger partial charge on any atom is 0.0798 e. The summed E-state index contributed by atoms with van der Waals surface area (Å²) in [5.41, 5.74) is 3.04. The molecule has 0 bridgehead atoms. The average Bonchev–Trinajstić information content (AvgIpc) is 2.65. The number of hydrogen-bond acceptors (Lipinski definition) is 4. The topological polar surface area (TPSA) is 45.2 Å². The van der Waals surface area contributed by atoms with Gasteiger partial charge in [0.2, 0.25) is 0 Å². The molecule has 0 aliphatic heterocycles. The van der Waals surface area contributed by atoms with Gasteiger partial charge in [-0.05, 0) is 38.6 Å². The molecule has 2 unspecified atom stereocenters. The van der Waals surface area contributed by atoms with E-state index in [9.17, 15) is 5.11 Å². The molecular weight excluding hydrogens is 220 g/mol. The normalized spacial score (nSPS) is 25.9. The number of hydrogen-bond donors (Lipinski definition) is 2. The van der Waals surface area contributed by atoms with Gasteiger partial charge in [-0.25, -0.2) is 4.98 Å². The average molecular weight is 240 g/mol. The SMILES string of the molecule is Cc1ncsc1CNCC1CCCC(O)C1. The molecule has 90 valence electrons. The minimum atomic E-state index is -0.0642. The molecule has 0 spiro atoms. The van der Waals surface area contributed by atoms with Crippen LogP contribution in [0.15, 0.2) is 5.51 Å². The Morgan fingerprint density at radius 1 is 1.56 bits per heavy atom. The van der Waals surface area contributed by atoms with E-state index in [0.29, 0.717) is 5.92 Å². The van der Waals surface area contributed by atoms with Crippen molar-refractivity contribution in [1.82, 2.24) is 10.3 Å². The monoisotopic (exact) mass is 240 g/mol. The zero-order valence-electron chi connectivity index (χ0n) is 9.78. The third-order valence-corrected chi connectivity index (χ3v) is 4.25. The van der Waals surface area contributed by atoms with Gasteiger partial charge >= 0.3 is 0 Å². The van der Waals surface area contributed by atoms with Crippen LogP contribution >= 0.6 is 11.3 Å². The van der Waals surface area contributed by atoms with Crippen molar-refractivity contribution in [2.45, 2.75) is 45.3 Å².